The van der Waals surface area contributed by atoms with Crippen LogP contribution in [0.25, 0.3) is 22.3 Å². The molecule has 5 heteroatoms. The van der Waals surface area contributed by atoms with Gasteiger partial charge in [-0.2, -0.15) is 0 Å². The van der Waals surface area contributed by atoms with Crippen LogP contribution in [0.4, 0.5) is 4.39 Å². The van der Waals surface area contributed by atoms with Crippen molar-refractivity contribution < 1.29 is 35.1 Å². The minimum Gasteiger partial charge on any atom is -1.00 e. The van der Waals surface area contributed by atoms with Gasteiger partial charge in [0.1, 0.15) is 11.6 Å². The summed E-state index contributed by atoms with van der Waals surface area (Å²) in [5.74, 6) is 1.30. The smallest absolute Gasteiger partial charge is 0.176 e. The van der Waals surface area contributed by atoms with E-state index < -0.39 is 0 Å². The molecule has 0 bridgehead atoms. The molecule has 0 amide bonds. The third kappa shape index (κ3) is 3.63. The summed E-state index contributed by atoms with van der Waals surface area (Å²) >= 11 is 0. The first-order valence-electron chi connectivity index (χ1n) is 8.03. The molecule has 2 aromatic carbocycles. The average Bonchev–Trinajstić information content (AvgIpc) is 3.06. The Morgan fingerprint density at radius 2 is 1.77 bits per heavy atom. The number of methoxy groups -OCH3 is 1. The normalized spacial score (nSPS) is 10.5. The largest absolute Gasteiger partial charge is 1.00 e. The van der Waals surface area contributed by atoms with Crippen molar-refractivity contribution in [2.24, 2.45) is 0 Å². The van der Waals surface area contributed by atoms with Gasteiger partial charge in [0, 0.05) is 28.6 Å². The SMILES string of the molecule is COc1cccc2cc(-c3cc[n+](Cc4cccc(F)c4)cc3)oc12.[Br-]. The summed E-state index contributed by atoms with van der Waals surface area (Å²) in [4.78, 5) is 0. The Morgan fingerprint density at radius 3 is 2.50 bits per heavy atom. The number of benzene rings is 2. The summed E-state index contributed by atoms with van der Waals surface area (Å²) in [5.41, 5.74) is 2.65. The molecule has 0 aliphatic heterocycles. The van der Waals surface area contributed by atoms with Crippen LogP contribution in [0.1, 0.15) is 5.56 Å². The molecular formula is C21H17BrFNO2. The third-order valence-corrected chi connectivity index (χ3v) is 4.16. The van der Waals surface area contributed by atoms with Crippen molar-refractivity contribution >= 4 is 11.0 Å². The Labute approximate surface area is 161 Å². The Balaban J connectivity index is 0.00000196. The van der Waals surface area contributed by atoms with E-state index in [9.17, 15) is 4.39 Å². The summed E-state index contributed by atoms with van der Waals surface area (Å²) < 4.78 is 26.6. The zero-order valence-corrected chi connectivity index (χ0v) is 15.7. The van der Waals surface area contributed by atoms with Crippen LogP contribution in [0.15, 0.2) is 77.5 Å². The second kappa shape index (κ2) is 7.70. The summed E-state index contributed by atoms with van der Waals surface area (Å²) in [6, 6.07) is 18.4. The van der Waals surface area contributed by atoms with E-state index in [0.29, 0.717) is 6.54 Å². The lowest BCUT2D eigenvalue weighted by atomic mass is 10.2. The van der Waals surface area contributed by atoms with Crippen LogP contribution in [0.2, 0.25) is 0 Å². The van der Waals surface area contributed by atoms with Gasteiger partial charge in [-0.25, -0.2) is 8.96 Å². The van der Waals surface area contributed by atoms with Crippen molar-refractivity contribution in [3.05, 3.63) is 84.4 Å². The van der Waals surface area contributed by atoms with Crippen LogP contribution in [-0.2, 0) is 6.54 Å². The van der Waals surface area contributed by atoms with E-state index >= 15 is 0 Å². The highest BCUT2D eigenvalue weighted by atomic mass is 79.9. The molecule has 3 nitrogen and oxygen atoms in total. The molecule has 4 aromatic rings. The maximum atomic E-state index is 13.3. The quantitative estimate of drug-likeness (QED) is 0.475. The molecule has 0 aliphatic carbocycles. The first-order chi connectivity index (χ1) is 12.2. The van der Waals surface area contributed by atoms with Crippen LogP contribution < -0.4 is 26.3 Å². The lowest BCUT2D eigenvalue weighted by molar-refractivity contribution is -0.688. The molecular weight excluding hydrogens is 397 g/mol. The Bertz CT molecular complexity index is 1030. The molecule has 0 unspecified atom stereocenters. The number of nitrogens with zero attached hydrogens (tertiary/aromatic N) is 1. The fraction of sp³-hybridized carbons (Fsp3) is 0.0952. The molecule has 26 heavy (non-hydrogen) atoms. The van der Waals surface area contributed by atoms with Crippen molar-refractivity contribution in [1.29, 1.82) is 0 Å². The first kappa shape index (κ1) is 18.1. The number of fused-ring (bicyclic) bond motifs is 1. The Kier molecular flexibility index (Phi) is 5.38. The van der Waals surface area contributed by atoms with Gasteiger partial charge in [0.2, 0.25) is 0 Å². The minimum absolute atomic E-state index is 0. The first-order valence-corrected chi connectivity index (χ1v) is 8.03. The van der Waals surface area contributed by atoms with Gasteiger partial charge >= 0.3 is 0 Å². The standard InChI is InChI=1S/C21H17FNO2.BrH/c1-24-19-7-3-5-17-13-20(25-21(17)19)16-8-10-23(11-9-16)14-15-4-2-6-18(22)12-15;/h2-13H,14H2,1H3;1H/q+1;/p-1. The molecule has 2 aromatic heterocycles. The lowest BCUT2D eigenvalue weighted by Gasteiger charge is -2.00. The molecule has 0 N–H and O–H groups in total. The fourth-order valence-electron chi connectivity index (χ4n) is 2.91. The Morgan fingerprint density at radius 1 is 1.00 bits per heavy atom. The maximum Gasteiger partial charge on any atom is 0.176 e. The van der Waals surface area contributed by atoms with Gasteiger partial charge in [-0.15, -0.1) is 0 Å². The number of rotatable bonds is 4. The van der Waals surface area contributed by atoms with Gasteiger partial charge in [0.25, 0.3) is 0 Å². The Hall–Kier alpha value is -2.66. The van der Waals surface area contributed by atoms with Crippen LogP contribution in [0.5, 0.6) is 5.75 Å². The van der Waals surface area contributed by atoms with Gasteiger partial charge < -0.3 is 26.1 Å². The molecule has 0 saturated carbocycles. The number of aromatic nitrogens is 1. The highest BCUT2D eigenvalue weighted by Crippen LogP contribution is 2.32. The number of furan rings is 1. The number of ether oxygens (including phenoxy) is 1. The van der Waals surface area contributed by atoms with E-state index in [2.05, 4.69) is 0 Å². The summed E-state index contributed by atoms with van der Waals surface area (Å²) in [5, 5.41) is 1.01. The lowest BCUT2D eigenvalue weighted by Crippen LogP contribution is -3.00. The summed E-state index contributed by atoms with van der Waals surface area (Å²) in [6.45, 7) is 0.617. The number of para-hydroxylation sites is 1. The fourth-order valence-corrected chi connectivity index (χ4v) is 2.91. The molecule has 132 valence electrons. The van der Waals surface area contributed by atoms with Crippen LogP contribution in [0, 0.1) is 5.82 Å². The second-order valence-electron chi connectivity index (χ2n) is 5.88. The van der Waals surface area contributed by atoms with E-state index in [0.717, 1.165) is 33.6 Å². The highest BCUT2D eigenvalue weighted by Gasteiger charge is 2.11. The topological polar surface area (TPSA) is 26.2 Å². The molecule has 0 fully saturated rings. The molecule has 0 aliphatic rings. The van der Waals surface area contributed by atoms with Gasteiger partial charge in [-0.05, 0) is 24.3 Å². The van der Waals surface area contributed by atoms with Crippen LogP contribution in [0.3, 0.4) is 0 Å². The predicted molar refractivity (Wildman–Crippen MR) is 93.9 cm³/mol. The summed E-state index contributed by atoms with van der Waals surface area (Å²) in [6.07, 6.45) is 3.93. The van der Waals surface area contributed by atoms with Crippen molar-refractivity contribution in [2.75, 3.05) is 7.11 Å². The van der Waals surface area contributed by atoms with E-state index in [1.807, 2.05) is 59.4 Å². The van der Waals surface area contributed by atoms with Gasteiger partial charge in [0.05, 0.1) is 7.11 Å². The summed E-state index contributed by atoms with van der Waals surface area (Å²) in [7, 11) is 1.63. The molecule has 0 atom stereocenters. The predicted octanol–water partition coefficient (Wildman–Crippen LogP) is 1.59. The van der Waals surface area contributed by atoms with E-state index in [-0.39, 0.29) is 22.8 Å². The maximum absolute atomic E-state index is 13.3. The van der Waals surface area contributed by atoms with Crippen molar-refractivity contribution in [2.45, 2.75) is 6.54 Å². The molecule has 4 rings (SSSR count). The van der Waals surface area contributed by atoms with Gasteiger partial charge in [0.15, 0.2) is 30.3 Å². The molecule has 2 heterocycles. The average molecular weight is 414 g/mol. The zero-order chi connectivity index (χ0) is 17.2. The number of pyridine rings is 1. The van der Waals surface area contributed by atoms with E-state index in [1.165, 1.54) is 6.07 Å². The highest BCUT2D eigenvalue weighted by molar-refractivity contribution is 5.87. The molecule has 0 spiro atoms. The number of hydrogen-bond donors (Lipinski definition) is 0. The zero-order valence-electron chi connectivity index (χ0n) is 14.2. The van der Waals surface area contributed by atoms with E-state index in [4.69, 9.17) is 9.15 Å². The second-order valence-corrected chi connectivity index (χ2v) is 5.88. The van der Waals surface area contributed by atoms with Gasteiger partial charge in [-0.1, -0.05) is 24.3 Å². The van der Waals surface area contributed by atoms with Crippen LogP contribution in [-0.4, -0.2) is 7.11 Å². The number of halogens is 2. The van der Waals surface area contributed by atoms with Gasteiger partial charge in [-0.3, -0.25) is 0 Å². The van der Waals surface area contributed by atoms with E-state index in [1.54, 1.807) is 19.2 Å². The van der Waals surface area contributed by atoms with Crippen LogP contribution >= 0.6 is 0 Å². The molecule has 0 radical (unpaired) electrons. The monoisotopic (exact) mass is 413 g/mol. The van der Waals surface area contributed by atoms with Crippen molar-refractivity contribution in [1.82, 2.24) is 0 Å². The minimum atomic E-state index is -0.217. The van der Waals surface area contributed by atoms with Crippen molar-refractivity contribution in [3.8, 4) is 17.1 Å². The van der Waals surface area contributed by atoms with Crippen molar-refractivity contribution in [3.63, 3.8) is 0 Å². The number of hydrogen-bond acceptors (Lipinski definition) is 2. The molecule has 0 saturated heterocycles. The third-order valence-electron chi connectivity index (χ3n) is 4.16.